The second kappa shape index (κ2) is 9.38. The Morgan fingerprint density at radius 1 is 0.688 bits per heavy atom. The molecule has 0 saturated heterocycles. The quantitative estimate of drug-likeness (QED) is 0.290. The zero-order valence-corrected chi connectivity index (χ0v) is 20.2. The van der Waals surface area contributed by atoms with Crippen molar-refractivity contribution in [2.24, 2.45) is 0 Å². The molecule has 0 radical (unpaired) electrons. The van der Waals surface area contributed by atoms with Crippen molar-refractivity contribution in [2.45, 2.75) is 18.8 Å². The predicted molar refractivity (Wildman–Crippen MR) is 136 cm³/mol. The smallest absolute Gasteiger partial charge is 0.204 e. The molecule has 32 heavy (non-hydrogen) atoms. The monoisotopic (exact) mass is 459 g/mol. The lowest BCUT2D eigenvalue weighted by Gasteiger charge is -2.37. The zero-order chi connectivity index (χ0) is 22.6. The molecule has 1 unspecified atom stereocenters. The van der Waals surface area contributed by atoms with Crippen molar-refractivity contribution >= 4 is 31.2 Å². The molecular weight excluding hydrogens is 432 g/mol. The second-order valence-corrected chi connectivity index (χ2v) is 15.6. The van der Waals surface area contributed by atoms with Crippen molar-refractivity contribution in [2.75, 3.05) is 0 Å². The van der Waals surface area contributed by atoms with Crippen molar-refractivity contribution in [1.82, 2.24) is 5.09 Å². The van der Waals surface area contributed by atoms with Crippen LogP contribution in [-0.4, -0.2) is 8.07 Å². The third-order valence-corrected chi connectivity index (χ3v) is 12.7. The number of nitrogens with one attached hydrogen (secondary N) is 1. The summed E-state index contributed by atoms with van der Waals surface area (Å²) in [6, 6.07) is 36.1. The van der Waals surface area contributed by atoms with Gasteiger partial charge in [-0.15, -0.1) is 0 Å². The van der Waals surface area contributed by atoms with Crippen molar-refractivity contribution in [3.8, 4) is 0 Å². The Bertz CT molecular complexity index is 1160. The van der Waals surface area contributed by atoms with E-state index in [1.165, 1.54) is 17.3 Å². The van der Waals surface area contributed by atoms with Crippen LogP contribution >= 0.6 is 7.29 Å². The van der Waals surface area contributed by atoms with Gasteiger partial charge in [0.2, 0.25) is 7.29 Å². The highest BCUT2D eigenvalue weighted by atomic mass is 31.2. The minimum absolute atomic E-state index is 0.197. The summed E-state index contributed by atoms with van der Waals surface area (Å²) in [5.41, 5.74) is 0.746. The van der Waals surface area contributed by atoms with Gasteiger partial charge < -0.3 is 0 Å². The first-order valence-corrected chi connectivity index (χ1v) is 15.5. The first-order valence-electron chi connectivity index (χ1n) is 10.7. The minimum Gasteiger partial charge on any atom is -0.297 e. The molecule has 4 rings (SSSR count). The van der Waals surface area contributed by atoms with Gasteiger partial charge in [0.05, 0.1) is 0 Å². The topological polar surface area (TPSA) is 29.1 Å². The largest absolute Gasteiger partial charge is 0.297 e. The summed E-state index contributed by atoms with van der Waals surface area (Å²) in [6.07, 6.45) is 0. The first-order chi connectivity index (χ1) is 15.4. The van der Waals surface area contributed by atoms with Crippen LogP contribution in [0.15, 0.2) is 115 Å². The van der Waals surface area contributed by atoms with E-state index in [-0.39, 0.29) is 11.5 Å². The highest BCUT2D eigenvalue weighted by molar-refractivity contribution is 7.77. The van der Waals surface area contributed by atoms with Gasteiger partial charge >= 0.3 is 0 Å². The van der Waals surface area contributed by atoms with E-state index in [0.717, 1.165) is 16.2 Å². The summed E-state index contributed by atoms with van der Waals surface area (Å²) >= 11 is 0. The number of benzene rings is 4. The maximum atomic E-state index is 14.8. The van der Waals surface area contributed by atoms with E-state index in [4.69, 9.17) is 0 Å². The van der Waals surface area contributed by atoms with E-state index >= 15 is 0 Å². The van der Waals surface area contributed by atoms with E-state index in [1.54, 1.807) is 0 Å². The average molecular weight is 460 g/mol. The fourth-order valence-corrected chi connectivity index (χ4v) is 10.6. The Kier molecular flexibility index (Phi) is 6.57. The SMILES string of the molecule is C[Si](C)(c1ccccc1)C(NP(=O)(c1ccccc1)c1ccccc1)c1ccc(F)cc1. The van der Waals surface area contributed by atoms with Crippen LogP contribution in [0.4, 0.5) is 4.39 Å². The van der Waals surface area contributed by atoms with Gasteiger partial charge in [0.25, 0.3) is 0 Å². The molecular formula is C27H27FNOPSi. The van der Waals surface area contributed by atoms with E-state index in [1.807, 2.05) is 91.0 Å². The molecule has 1 N–H and O–H groups in total. The molecule has 0 heterocycles. The molecule has 4 aromatic rings. The van der Waals surface area contributed by atoms with E-state index in [0.29, 0.717) is 0 Å². The fourth-order valence-electron chi connectivity index (χ4n) is 4.10. The van der Waals surface area contributed by atoms with Gasteiger partial charge in [0, 0.05) is 16.3 Å². The van der Waals surface area contributed by atoms with Crippen molar-refractivity contribution in [3.05, 3.63) is 127 Å². The van der Waals surface area contributed by atoms with Crippen LogP contribution in [0, 0.1) is 5.82 Å². The van der Waals surface area contributed by atoms with Gasteiger partial charge in [-0.05, 0) is 42.0 Å². The van der Waals surface area contributed by atoms with Crippen LogP contribution in [0.3, 0.4) is 0 Å². The van der Waals surface area contributed by atoms with Crippen LogP contribution in [0.5, 0.6) is 0 Å². The molecule has 0 amide bonds. The fraction of sp³-hybridized carbons (Fsp3) is 0.111. The third-order valence-electron chi connectivity index (χ3n) is 5.99. The zero-order valence-electron chi connectivity index (χ0n) is 18.3. The number of rotatable bonds is 7. The molecule has 0 spiro atoms. The normalized spacial score (nSPS) is 13.0. The maximum absolute atomic E-state index is 14.8. The molecule has 0 aliphatic rings. The van der Waals surface area contributed by atoms with Gasteiger partial charge in [-0.25, -0.2) is 4.39 Å². The summed E-state index contributed by atoms with van der Waals surface area (Å²) in [5, 5.41) is 6.40. The van der Waals surface area contributed by atoms with Crippen molar-refractivity contribution in [1.29, 1.82) is 0 Å². The predicted octanol–water partition coefficient (Wildman–Crippen LogP) is 5.54. The van der Waals surface area contributed by atoms with Crippen LogP contribution in [0.1, 0.15) is 11.2 Å². The molecule has 0 fully saturated rings. The van der Waals surface area contributed by atoms with Crippen molar-refractivity contribution < 1.29 is 8.96 Å². The number of halogens is 1. The average Bonchev–Trinajstić information content (AvgIpc) is 2.84. The molecule has 4 aromatic carbocycles. The molecule has 0 saturated carbocycles. The third kappa shape index (κ3) is 4.54. The Morgan fingerprint density at radius 3 is 1.59 bits per heavy atom. The molecule has 0 aliphatic carbocycles. The molecule has 0 aliphatic heterocycles. The molecule has 2 nitrogen and oxygen atoms in total. The van der Waals surface area contributed by atoms with Gasteiger partial charge in [0.1, 0.15) is 13.9 Å². The summed E-state index contributed by atoms with van der Waals surface area (Å²) in [7, 11) is -5.43. The molecule has 5 heteroatoms. The lowest BCUT2D eigenvalue weighted by molar-refractivity contribution is 0.575. The number of hydrogen-bond acceptors (Lipinski definition) is 1. The van der Waals surface area contributed by atoms with Crippen LogP contribution < -0.4 is 20.9 Å². The van der Waals surface area contributed by atoms with Gasteiger partial charge in [0.15, 0.2) is 0 Å². The molecule has 0 aromatic heterocycles. The first kappa shape index (κ1) is 22.4. The summed E-state index contributed by atoms with van der Waals surface area (Å²) in [6.45, 7) is 4.54. The Hall–Kier alpha value is -2.78. The lowest BCUT2D eigenvalue weighted by atomic mass is 10.2. The van der Waals surface area contributed by atoms with E-state index < -0.39 is 15.4 Å². The molecule has 1 atom stereocenters. The molecule has 162 valence electrons. The lowest BCUT2D eigenvalue weighted by Crippen LogP contribution is -2.53. The van der Waals surface area contributed by atoms with Crippen molar-refractivity contribution in [3.63, 3.8) is 0 Å². The number of hydrogen-bond donors (Lipinski definition) is 1. The summed E-state index contributed by atoms with van der Waals surface area (Å²) in [4.78, 5) is 0. The van der Waals surface area contributed by atoms with Crippen LogP contribution in [-0.2, 0) is 4.57 Å². The molecule has 0 bridgehead atoms. The highest BCUT2D eigenvalue weighted by Gasteiger charge is 2.40. The highest BCUT2D eigenvalue weighted by Crippen LogP contribution is 2.43. The van der Waals surface area contributed by atoms with Crippen LogP contribution in [0.2, 0.25) is 13.1 Å². The van der Waals surface area contributed by atoms with Gasteiger partial charge in [-0.3, -0.25) is 9.65 Å². The summed E-state index contributed by atoms with van der Waals surface area (Å²) < 4.78 is 28.6. The summed E-state index contributed by atoms with van der Waals surface area (Å²) in [5.74, 6) is -0.277. The van der Waals surface area contributed by atoms with Crippen LogP contribution in [0.25, 0.3) is 0 Å². The standard InChI is InChI=1S/C27H27FNOPSi/c1-32(2,26-16-10-5-11-17-26)27(22-18-20-23(28)21-19-22)29-31(30,24-12-6-3-7-13-24)25-14-8-4-9-15-25/h3-21,27H,1-2H3,(H,29,30). The van der Waals surface area contributed by atoms with Gasteiger partial charge in [-0.1, -0.05) is 97.1 Å². The Morgan fingerprint density at radius 2 is 1.12 bits per heavy atom. The maximum Gasteiger partial charge on any atom is 0.204 e. The van der Waals surface area contributed by atoms with Gasteiger partial charge in [-0.2, -0.15) is 0 Å². The van der Waals surface area contributed by atoms with E-state index in [2.05, 4.69) is 30.3 Å². The second-order valence-electron chi connectivity index (χ2n) is 8.48. The minimum atomic E-state index is -3.18. The Balaban J connectivity index is 1.88. The van der Waals surface area contributed by atoms with E-state index in [9.17, 15) is 8.96 Å². The Labute approximate surface area is 190 Å².